The van der Waals surface area contributed by atoms with E-state index >= 15 is 0 Å². The molecule has 0 amide bonds. The fraction of sp³-hybridized carbons (Fsp3) is 0.0476. The molecule has 6 heteroatoms. The monoisotopic (exact) mass is 383 g/mol. The van der Waals surface area contributed by atoms with E-state index in [-0.39, 0.29) is 4.90 Å². The van der Waals surface area contributed by atoms with Gasteiger partial charge in [0.1, 0.15) is 11.6 Å². The first kappa shape index (κ1) is 17.4. The summed E-state index contributed by atoms with van der Waals surface area (Å²) in [6, 6.07) is 16.1. The van der Waals surface area contributed by atoms with Crippen LogP contribution in [-0.2, 0) is 10.0 Å². The highest BCUT2D eigenvalue weighted by Crippen LogP contribution is 2.33. The van der Waals surface area contributed by atoms with Gasteiger partial charge in [-0.15, -0.1) is 0 Å². The zero-order valence-corrected chi connectivity index (χ0v) is 15.2. The van der Waals surface area contributed by atoms with Gasteiger partial charge in [0.2, 0.25) is 0 Å². The average molecular weight is 383 g/mol. The van der Waals surface area contributed by atoms with Gasteiger partial charge in [0.15, 0.2) is 0 Å². The minimum absolute atomic E-state index is 0.139. The third-order valence-corrected chi connectivity index (χ3v) is 6.15. The minimum atomic E-state index is -3.87. The molecule has 0 unspecified atom stereocenters. The van der Waals surface area contributed by atoms with Gasteiger partial charge >= 0.3 is 0 Å². The SMILES string of the molecule is Cc1ccc(S(=O)(=O)n2cc(-c3ccc(F)cc3)c3cc(F)ccc32)cc1. The largest absolute Gasteiger partial charge is 0.268 e. The molecule has 0 bridgehead atoms. The first-order valence-corrected chi connectivity index (χ1v) is 9.69. The molecule has 136 valence electrons. The standard InChI is InChI=1S/C21H15F2NO2S/c1-14-2-9-18(10-3-14)27(25,26)24-13-20(15-4-6-16(22)7-5-15)19-12-17(23)8-11-21(19)24/h2-13H,1H3. The smallest absolute Gasteiger partial charge is 0.241 e. The van der Waals surface area contributed by atoms with Crippen LogP contribution >= 0.6 is 0 Å². The maximum atomic E-state index is 13.9. The first-order valence-electron chi connectivity index (χ1n) is 8.25. The maximum Gasteiger partial charge on any atom is 0.268 e. The molecule has 4 rings (SSSR count). The van der Waals surface area contributed by atoms with Gasteiger partial charge in [0.05, 0.1) is 10.4 Å². The van der Waals surface area contributed by atoms with Gasteiger partial charge in [-0.3, -0.25) is 0 Å². The van der Waals surface area contributed by atoms with Crippen LogP contribution in [0.15, 0.2) is 77.8 Å². The molecule has 0 radical (unpaired) electrons. The zero-order chi connectivity index (χ0) is 19.2. The van der Waals surface area contributed by atoms with E-state index in [1.165, 1.54) is 60.8 Å². The zero-order valence-electron chi connectivity index (χ0n) is 14.4. The lowest BCUT2D eigenvalue weighted by Gasteiger charge is -2.07. The van der Waals surface area contributed by atoms with Crippen molar-refractivity contribution in [1.29, 1.82) is 0 Å². The first-order chi connectivity index (χ1) is 12.9. The molecule has 0 atom stereocenters. The number of fused-ring (bicyclic) bond motifs is 1. The van der Waals surface area contributed by atoms with Crippen LogP contribution in [0.25, 0.3) is 22.0 Å². The summed E-state index contributed by atoms with van der Waals surface area (Å²) in [6.45, 7) is 1.87. The number of hydrogen-bond donors (Lipinski definition) is 0. The molecule has 3 aromatic carbocycles. The van der Waals surface area contributed by atoms with Gasteiger partial charge in [-0.05, 0) is 55.0 Å². The van der Waals surface area contributed by atoms with Crippen molar-refractivity contribution < 1.29 is 17.2 Å². The van der Waals surface area contributed by atoms with E-state index in [0.29, 0.717) is 22.0 Å². The summed E-state index contributed by atoms with van der Waals surface area (Å²) in [4.78, 5) is 0.139. The van der Waals surface area contributed by atoms with Crippen molar-refractivity contribution in [1.82, 2.24) is 3.97 Å². The van der Waals surface area contributed by atoms with Crippen LogP contribution in [0.5, 0.6) is 0 Å². The number of rotatable bonds is 3. The predicted octanol–water partition coefficient (Wildman–Crippen LogP) is 5.13. The van der Waals surface area contributed by atoms with Crippen LogP contribution < -0.4 is 0 Å². The summed E-state index contributed by atoms with van der Waals surface area (Å²) in [5.74, 6) is -0.878. The maximum absolute atomic E-state index is 13.9. The predicted molar refractivity (Wildman–Crippen MR) is 101 cm³/mol. The van der Waals surface area contributed by atoms with E-state index in [2.05, 4.69) is 0 Å². The quantitative estimate of drug-likeness (QED) is 0.492. The van der Waals surface area contributed by atoms with E-state index in [1.807, 2.05) is 6.92 Å². The van der Waals surface area contributed by atoms with E-state index in [4.69, 9.17) is 0 Å². The lowest BCUT2D eigenvalue weighted by Crippen LogP contribution is -2.11. The Morgan fingerprint density at radius 1 is 0.815 bits per heavy atom. The Morgan fingerprint density at radius 3 is 2.11 bits per heavy atom. The number of aromatic nitrogens is 1. The second kappa shape index (κ2) is 6.32. The molecule has 1 heterocycles. The highest BCUT2D eigenvalue weighted by molar-refractivity contribution is 7.90. The summed E-state index contributed by atoms with van der Waals surface area (Å²) in [7, 11) is -3.87. The molecular weight excluding hydrogens is 368 g/mol. The Hall–Kier alpha value is -2.99. The third kappa shape index (κ3) is 3.02. The van der Waals surface area contributed by atoms with E-state index < -0.39 is 21.7 Å². The van der Waals surface area contributed by atoms with Crippen LogP contribution in [0, 0.1) is 18.6 Å². The molecule has 27 heavy (non-hydrogen) atoms. The molecular formula is C21H15F2NO2S. The topological polar surface area (TPSA) is 39.1 Å². The van der Waals surface area contributed by atoms with Crippen molar-refractivity contribution in [2.45, 2.75) is 11.8 Å². The van der Waals surface area contributed by atoms with Crippen molar-refractivity contribution in [3.8, 4) is 11.1 Å². The Bertz CT molecular complexity index is 1240. The van der Waals surface area contributed by atoms with Gasteiger partial charge in [-0.25, -0.2) is 21.2 Å². The average Bonchev–Trinajstić information content (AvgIpc) is 3.02. The molecule has 0 aliphatic heterocycles. The summed E-state index contributed by atoms with van der Waals surface area (Å²) in [5, 5.41) is 0.442. The van der Waals surface area contributed by atoms with E-state index in [0.717, 1.165) is 9.54 Å². The van der Waals surface area contributed by atoms with Gasteiger partial charge in [0, 0.05) is 17.1 Å². The second-order valence-electron chi connectivity index (χ2n) is 6.33. The number of aryl methyl sites for hydroxylation is 1. The molecule has 1 aromatic heterocycles. The van der Waals surface area contributed by atoms with Gasteiger partial charge < -0.3 is 0 Å². The van der Waals surface area contributed by atoms with Gasteiger partial charge in [0.25, 0.3) is 10.0 Å². The number of benzene rings is 3. The Kier molecular flexibility index (Phi) is 4.08. The van der Waals surface area contributed by atoms with Crippen molar-refractivity contribution >= 4 is 20.9 Å². The summed E-state index contributed by atoms with van der Waals surface area (Å²) >= 11 is 0. The van der Waals surface area contributed by atoms with Crippen LogP contribution in [0.3, 0.4) is 0 Å². The molecule has 0 aliphatic rings. The summed E-state index contributed by atoms with van der Waals surface area (Å²) in [5.41, 5.74) is 2.42. The fourth-order valence-electron chi connectivity index (χ4n) is 3.05. The van der Waals surface area contributed by atoms with Crippen molar-refractivity contribution in [3.05, 3.63) is 90.1 Å². The normalized spacial score (nSPS) is 11.8. The van der Waals surface area contributed by atoms with E-state index in [1.54, 1.807) is 12.1 Å². The van der Waals surface area contributed by atoms with E-state index in [9.17, 15) is 17.2 Å². The lowest BCUT2D eigenvalue weighted by atomic mass is 10.0. The fourth-order valence-corrected chi connectivity index (χ4v) is 4.42. The third-order valence-electron chi connectivity index (χ3n) is 4.47. The molecule has 3 nitrogen and oxygen atoms in total. The van der Waals surface area contributed by atoms with Gasteiger partial charge in [-0.2, -0.15) is 0 Å². The minimum Gasteiger partial charge on any atom is -0.241 e. The molecule has 0 aliphatic carbocycles. The summed E-state index contributed by atoms with van der Waals surface area (Å²) in [6.07, 6.45) is 1.45. The van der Waals surface area contributed by atoms with Crippen LogP contribution in [0.4, 0.5) is 8.78 Å². The highest BCUT2D eigenvalue weighted by Gasteiger charge is 2.22. The van der Waals surface area contributed by atoms with Crippen molar-refractivity contribution in [2.24, 2.45) is 0 Å². The Labute approximate surface area is 155 Å². The second-order valence-corrected chi connectivity index (χ2v) is 8.14. The lowest BCUT2D eigenvalue weighted by molar-refractivity contribution is 0.589. The number of hydrogen-bond acceptors (Lipinski definition) is 2. The number of halogens is 2. The Morgan fingerprint density at radius 2 is 1.44 bits per heavy atom. The van der Waals surface area contributed by atoms with Crippen LogP contribution in [-0.4, -0.2) is 12.4 Å². The van der Waals surface area contributed by atoms with Crippen molar-refractivity contribution in [2.75, 3.05) is 0 Å². The highest BCUT2D eigenvalue weighted by atomic mass is 32.2. The molecule has 0 N–H and O–H groups in total. The molecule has 0 fully saturated rings. The molecule has 4 aromatic rings. The van der Waals surface area contributed by atoms with Crippen LogP contribution in [0.1, 0.15) is 5.56 Å². The van der Waals surface area contributed by atoms with Crippen LogP contribution in [0.2, 0.25) is 0 Å². The Balaban J connectivity index is 1.99. The number of nitrogens with zero attached hydrogens (tertiary/aromatic N) is 1. The summed E-state index contributed by atoms with van der Waals surface area (Å²) < 4.78 is 54.6. The van der Waals surface area contributed by atoms with Gasteiger partial charge in [-0.1, -0.05) is 29.8 Å². The molecule has 0 saturated heterocycles. The molecule has 0 saturated carbocycles. The van der Waals surface area contributed by atoms with Crippen molar-refractivity contribution in [3.63, 3.8) is 0 Å². The molecule has 0 spiro atoms.